The molecular weight excluding hydrogens is 390 g/mol. The van der Waals surface area contributed by atoms with Gasteiger partial charge in [0.15, 0.2) is 6.61 Å². The van der Waals surface area contributed by atoms with E-state index < -0.39 is 30.1 Å². The van der Waals surface area contributed by atoms with Crippen LogP contribution >= 0.6 is 11.3 Å². The van der Waals surface area contributed by atoms with Gasteiger partial charge in [0, 0.05) is 11.5 Å². The fourth-order valence-corrected chi connectivity index (χ4v) is 4.70. The molecule has 29 heavy (non-hydrogen) atoms. The minimum atomic E-state index is -0.646. The fraction of sp³-hybridized carbons (Fsp3) is 0.524. The summed E-state index contributed by atoms with van der Waals surface area (Å²) in [5.74, 6) is -1.37. The van der Waals surface area contributed by atoms with E-state index in [-0.39, 0.29) is 11.8 Å². The summed E-state index contributed by atoms with van der Waals surface area (Å²) in [6.07, 6.45) is 3.57. The van der Waals surface area contributed by atoms with Crippen LogP contribution in [0, 0.1) is 5.92 Å². The maximum atomic E-state index is 12.7. The lowest BCUT2D eigenvalue weighted by atomic mass is 9.79. The van der Waals surface area contributed by atoms with Crippen LogP contribution in [0.4, 0.5) is 4.79 Å². The molecule has 1 aliphatic carbocycles. The second-order valence-corrected chi connectivity index (χ2v) is 9.44. The third-order valence-electron chi connectivity index (χ3n) is 4.78. The lowest BCUT2D eigenvalue weighted by molar-refractivity contribution is -0.154. The Labute approximate surface area is 174 Å². The van der Waals surface area contributed by atoms with Crippen molar-refractivity contribution in [3.63, 3.8) is 0 Å². The Morgan fingerprint density at radius 2 is 1.90 bits per heavy atom. The third-order valence-corrected chi connectivity index (χ3v) is 5.95. The lowest BCUT2D eigenvalue weighted by Gasteiger charge is -2.28. The molecule has 1 fully saturated rings. The van der Waals surface area contributed by atoms with Crippen molar-refractivity contribution >= 4 is 39.5 Å². The second kappa shape index (κ2) is 8.90. The molecule has 3 amide bonds. The largest absolute Gasteiger partial charge is 0.455 e. The van der Waals surface area contributed by atoms with Crippen LogP contribution in [0.25, 0.3) is 10.2 Å². The zero-order valence-corrected chi connectivity index (χ0v) is 17.8. The van der Waals surface area contributed by atoms with E-state index in [0.29, 0.717) is 6.42 Å². The molecule has 0 saturated heterocycles. The quantitative estimate of drug-likeness (QED) is 0.739. The van der Waals surface area contributed by atoms with Crippen LogP contribution in [0.15, 0.2) is 24.3 Å². The van der Waals surface area contributed by atoms with E-state index in [1.165, 1.54) is 0 Å². The first-order chi connectivity index (χ1) is 13.7. The van der Waals surface area contributed by atoms with Crippen LogP contribution in [0.5, 0.6) is 0 Å². The first-order valence-electron chi connectivity index (χ1n) is 9.87. The van der Waals surface area contributed by atoms with Gasteiger partial charge in [0.1, 0.15) is 0 Å². The van der Waals surface area contributed by atoms with Gasteiger partial charge in [0.05, 0.1) is 21.1 Å². The molecular formula is C21H27N3O4S. The molecule has 1 aromatic heterocycles. The van der Waals surface area contributed by atoms with E-state index in [9.17, 15) is 14.4 Å². The molecule has 1 heterocycles. The third kappa shape index (κ3) is 5.76. The number of carbonyl (C=O) groups excluding carboxylic acids is 3. The van der Waals surface area contributed by atoms with Crippen LogP contribution in [0.1, 0.15) is 57.4 Å². The molecule has 2 N–H and O–H groups in total. The maximum absolute atomic E-state index is 12.7. The van der Waals surface area contributed by atoms with Gasteiger partial charge in [0.2, 0.25) is 0 Å². The van der Waals surface area contributed by atoms with Crippen molar-refractivity contribution in [1.82, 2.24) is 15.6 Å². The summed E-state index contributed by atoms with van der Waals surface area (Å²) in [6, 6.07) is 7.32. The topological polar surface area (TPSA) is 97.4 Å². The summed E-state index contributed by atoms with van der Waals surface area (Å²) < 4.78 is 6.35. The number of hydrogen-bond acceptors (Lipinski definition) is 6. The molecule has 8 heteroatoms. The maximum Gasteiger partial charge on any atom is 0.321 e. The summed E-state index contributed by atoms with van der Waals surface area (Å²) in [4.78, 5) is 41.1. The summed E-state index contributed by atoms with van der Waals surface area (Å²) in [5, 5.41) is 5.75. The van der Waals surface area contributed by atoms with Crippen LogP contribution < -0.4 is 10.6 Å². The Balaban J connectivity index is 1.59. The molecule has 1 aliphatic rings. The highest BCUT2D eigenvalue weighted by Crippen LogP contribution is 2.41. The van der Waals surface area contributed by atoms with E-state index in [1.807, 2.05) is 45.0 Å². The smallest absolute Gasteiger partial charge is 0.321 e. The zero-order valence-electron chi connectivity index (χ0n) is 17.0. The van der Waals surface area contributed by atoms with Crippen molar-refractivity contribution in [2.45, 2.75) is 57.9 Å². The first kappa shape index (κ1) is 21.2. The predicted molar refractivity (Wildman–Crippen MR) is 112 cm³/mol. The van der Waals surface area contributed by atoms with Gasteiger partial charge in [-0.15, -0.1) is 11.3 Å². The number of urea groups is 1. The highest BCUT2D eigenvalue weighted by molar-refractivity contribution is 7.18. The summed E-state index contributed by atoms with van der Waals surface area (Å²) >= 11 is 1.61. The van der Waals surface area contributed by atoms with Crippen LogP contribution in [-0.4, -0.2) is 35.0 Å². The number of nitrogens with zero attached hydrogens (tertiary/aromatic N) is 1. The molecule has 0 bridgehead atoms. The van der Waals surface area contributed by atoms with E-state index in [0.717, 1.165) is 34.5 Å². The molecule has 7 nitrogen and oxygen atoms in total. The van der Waals surface area contributed by atoms with Gasteiger partial charge >= 0.3 is 12.0 Å². The number of carbonyl (C=O) groups is 3. The number of fused-ring (bicyclic) bond motifs is 1. The highest BCUT2D eigenvalue weighted by atomic mass is 32.1. The second-order valence-electron chi connectivity index (χ2n) is 8.38. The minimum absolute atomic E-state index is 0.000834. The predicted octanol–water partition coefficient (Wildman–Crippen LogP) is 3.74. The molecule has 2 aromatic rings. The van der Waals surface area contributed by atoms with Crippen molar-refractivity contribution in [2.24, 2.45) is 5.92 Å². The number of para-hydroxylation sites is 1. The fourth-order valence-electron chi connectivity index (χ4n) is 3.54. The average molecular weight is 418 g/mol. The molecule has 1 saturated carbocycles. The van der Waals surface area contributed by atoms with Crippen molar-refractivity contribution in [3.8, 4) is 0 Å². The Bertz CT molecular complexity index is 870. The molecule has 0 unspecified atom stereocenters. The standard InChI is InChI=1S/C21H27N3O4S/c1-21(2,3)24-20(27)23-17(25)12-28-19(26)14-9-5-4-8-13(14)18-22-15-10-6-7-11-16(15)29-18/h6-7,10-11,13-14H,4-5,8-9,12H2,1-3H3,(H2,23,24,25,27)/t13-,14-/m1/s1. The first-order valence-corrected chi connectivity index (χ1v) is 10.7. The number of benzene rings is 1. The number of ether oxygens (including phenoxy) is 1. The molecule has 0 aliphatic heterocycles. The van der Waals surface area contributed by atoms with Gasteiger partial charge < -0.3 is 10.1 Å². The number of nitrogens with one attached hydrogen (secondary N) is 2. The van der Waals surface area contributed by atoms with Gasteiger partial charge in [-0.25, -0.2) is 9.78 Å². The number of imide groups is 1. The van der Waals surface area contributed by atoms with Crippen molar-refractivity contribution in [1.29, 1.82) is 0 Å². The van der Waals surface area contributed by atoms with E-state index in [1.54, 1.807) is 11.3 Å². The zero-order chi connectivity index (χ0) is 21.0. The molecule has 0 radical (unpaired) electrons. The Morgan fingerprint density at radius 1 is 1.17 bits per heavy atom. The Kier molecular flexibility index (Phi) is 6.52. The van der Waals surface area contributed by atoms with E-state index >= 15 is 0 Å². The average Bonchev–Trinajstić information content (AvgIpc) is 3.08. The number of esters is 1. The molecule has 0 spiro atoms. The Hall–Kier alpha value is -2.48. The molecule has 2 atom stereocenters. The summed E-state index contributed by atoms with van der Waals surface area (Å²) in [7, 11) is 0. The summed E-state index contributed by atoms with van der Waals surface area (Å²) in [6.45, 7) is 4.95. The molecule has 3 rings (SSSR count). The van der Waals surface area contributed by atoms with Gasteiger partial charge in [-0.05, 0) is 45.7 Å². The van der Waals surface area contributed by atoms with Crippen LogP contribution in [0.3, 0.4) is 0 Å². The number of amides is 3. The molecule has 1 aromatic carbocycles. The Morgan fingerprint density at radius 3 is 2.62 bits per heavy atom. The van der Waals surface area contributed by atoms with Crippen molar-refractivity contribution < 1.29 is 19.1 Å². The van der Waals surface area contributed by atoms with Crippen molar-refractivity contribution in [3.05, 3.63) is 29.3 Å². The normalized spacial score (nSPS) is 19.6. The minimum Gasteiger partial charge on any atom is -0.455 e. The highest BCUT2D eigenvalue weighted by Gasteiger charge is 2.35. The van der Waals surface area contributed by atoms with Gasteiger partial charge in [-0.2, -0.15) is 0 Å². The van der Waals surface area contributed by atoms with Crippen LogP contribution in [0.2, 0.25) is 0 Å². The van der Waals surface area contributed by atoms with Gasteiger partial charge in [0.25, 0.3) is 5.91 Å². The number of hydrogen-bond donors (Lipinski definition) is 2. The van der Waals surface area contributed by atoms with E-state index in [4.69, 9.17) is 9.72 Å². The lowest BCUT2D eigenvalue weighted by Crippen LogP contribution is -2.49. The van der Waals surface area contributed by atoms with Gasteiger partial charge in [-0.3, -0.25) is 14.9 Å². The van der Waals surface area contributed by atoms with Gasteiger partial charge in [-0.1, -0.05) is 25.0 Å². The summed E-state index contributed by atoms with van der Waals surface area (Å²) in [5.41, 5.74) is 0.475. The van der Waals surface area contributed by atoms with Crippen molar-refractivity contribution in [2.75, 3.05) is 6.61 Å². The number of thiazole rings is 1. The SMILES string of the molecule is CC(C)(C)NC(=O)NC(=O)COC(=O)[C@@H]1CCCC[C@H]1c1nc2ccccc2s1. The molecule has 156 valence electrons. The van der Waals surface area contributed by atoms with Crippen LogP contribution in [-0.2, 0) is 14.3 Å². The number of rotatable bonds is 4. The monoisotopic (exact) mass is 417 g/mol. The number of aromatic nitrogens is 1. The van der Waals surface area contributed by atoms with E-state index in [2.05, 4.69) is 10.6 Å².